The molecule has 0 saturated carbocycles. The summed E-state index contributed by atoms with van der Waals surface area (Å²) < 4.78 is 4.50. The monoisotopic (exact) mass is 229 g/mol. The van der Waals surface area contributed by atoms with Crippen LogP contribution < -0.4 is 5.73 Å². The van der Waals surface area contributed by atoms with Crippen molar-refractivity contribution in [1.29, 1.82) is 0 Å². The second-order valence-corrected chi connectivity index (χ2v) is 1.56. The van der Waals surface area contributed by atoms with Crippen LogP contribution in [0.4, 0.5) is 0 Å². The minimum atomic E-state index is -0.347. The summed E-state index contributed by atoms with van der Waals surface area (Å²) in [5.41, 5.74) is 5.20. The van der Waals surface area contributed by atoms with Gasteiger partial charge in [-0.2, -0.15) is 0 Å². The Hall–Kier alpha value is 0.160. The highest BCUT2D eigenvalue weighted by Crippen LogP contribution is 2.00. The molecule has 1 aliphatic rings. The van der Waals surface area contributed by atoms with Crippen LogP contribution in [-0.2, 0) is 9.53 Å². The quantitative estimate of drug-likeness (QED) is 0.465. The van der Waals surface area contributed by atoms with Crippen molar-refractivity contribution in [3.63, 3.8) is 0 Å². The topological polar surface area (TPSA) is 52.3 Å². The SMILES string of the molecule is I.NC1CCOC1=O. The van der Waals surface area contributed by atoms with Gasteiger partial charge in [0.25, 0.3) is 0 Å². The first-order valence-corrected chi connectivity index (χ1v) is 2.23. The lowest BCUT2D eigenvalue weighted by Gasteiger charge is -1.89. The second kappa shape index (κ2) is 3.24. The highest BCUT2D eigenvalue weighted by atomic mass is 127. The third-order valence-corrected chi connectivity index (χ3v) is 0.976. The molecule has 0 radical (unpaired) electrons. The number of halogens is 1. The molecular formula is C4H8INO2. The van der Waals surface area contributed by atoms with Crippen LogP contribution in [0.5, 0.6) is 0 Å². The number of rotatable bonds is 0. The maximum atomic E-state index is 10.2. The summed E-state index contributed by atoms with van der Waals surface area (Å²) in [6.45, 7) is 0.500. The van der Waals surface area contributed by atoms with E-state index in [2.05, 4.69) is 4.74 Å². The smallest absolute Gasteiger partial charge is 0.323 e. The van der Waals surface area contributed by atoms with Gasteiger partial charge in [-0.3, -0.25) is 4.79 Å². The molecule has 0 aromatic heterocycles. The molecule has 1 atom stereocenters. The predicted molar refractivity (Wildman–Crippen MR) is 39.0 cm³/mol. The van der Waals surface area contributed by atoms with Crippen molar-refractivity contribution in [2.24, 2.45) is 5.73 Å². The van der Waals surface area contributed by atoms with Crippen molar-refractivity contribution in [2.45, 2.75) is 12.5 Å². The molecule has 0 bridgehead atoms. The molecule has 1 unspecified atom stereocenters. The molecule has 4 heteroatoms. The Morgan fingerprint density at radius 2 is 2.38 bits per heavy atom. The lowest BCUT2D eigenvalue weighted by atomic mass is 10.3. The van der Waals surface area contributed by atoms with Crippen molar-refractivity contribution in [3.8, 4) is 0 Å². The van der Waals surface area contributed by atoms with Crippen molar-refractivity contribution < 1.29 is 9.53 Å². The van der Waals surface area contributed by atoms with Gasteiger partial charge < -0.3 is 10.5 Å². The van der Waals surface area contributed by atoms with Gasteiger partial charge in [0.2, 0.25) is 0 Å². The zero-order valence-electron chi connectivity index (χ0n) is 4.29. The van der Waals surface area contributed by atoms with Crippen molar-refractivity contribution in [3.05, 3.63) is 0 Å². The van der Waals surface area contributed by atoms with Crippen molar-refractivity contribution in [2.75, 3.05) is 6.61 Å². The summed E-state index contributed by atoms with van der Waals surface area (Å²) >= 11 is 0. The van der Waals surface area contributed by atoms with E-state index in [1.54, 1.807) is 0 Å². The average molecular weight is 229 g/mol. The number of hydrogen-bond acceptors (Lipinski definition) is 3. The normalized spacial score (nSPS) is 26.6. The van der Waals surface area contributed by atoms with Crippen LogP contribution in [0.1, 0.15) is 6.42 Å². The lowest BCUT2D eigenvalue weighted by molar-refractivity contribution is -0.139. The van der Waals surface area contributed by atoms with E-state index in [0.717, 1.165) is 0 Å². The predicted octanol–water partition coefficient (Wildman–Crippen LogP) is -0.121. The molecule has 1 heterocycles. The van der Waals surface area contributed by atoms with Crippen LogP contribution in [0.3, 0.4) is 0 Å². The van der Waals surface area contributed by atoms with Crippen LogP contribution >= 0.6 is 24.0 Å². The van der Waals surface area contributed by atoms with E-state index in [9.17, 15) is 4.79 Å². The number of nitrogens with two attached hydrogens (primary N) is 1. The summed E-state index contributed by atoms with van der Waals surface area (Å²) in [6, 6.07) is -0.347. The van der Waals surface area contributed by atoms with Crippen LogP contribution in [-0.4, -0.2) is 18.6 Å². The van der Waals surface area contributed by atoms with E-state index in [4.69, 9.17) is 5.73 Å². The number of hydrogen-bond donors (Lipinski definition) is 1. The van der Waals surface area contributed by atoms with Gasteiger partial charge in [-0.15, -0.1) is 24.0 Å². The number of ether oxygens (including phenoxy) is 1. The number of cyclic esters (lactones) is 1. The fourth-order valence-corrected chi connectivity index (χ4v) is 0.511. The van der Waals surface area contributed by atoms with Gasteiger partial charge in [0.1, 0.15) is 6.04 Å². The average Bonchev–Trinajstić information content (AvgIpc) is 1.91. The maximum absolute atomic E-state index is 10.2. The fourth-order valence-electron chi connectivity index (χ4n) is 0.511. The Labute approximate surface area is 64.6 Å². The Bertz CT molecular complexity index is 96.0. The summed E-state index contributed by atoms with van der Waals surface area (Å²) in [7, 11) is 0. The molecule has 0 amide bonds. The Kier molecular flexibility index (Phi) is 3.30. The molecule has 0 aromatic rings. The molecular weight excluding hydrogens is 221 g/mol. The minimum absolute atomic E-state index is 0. The van der Waals surface area contributed by atoms with Crippen LogP contribution in [0.15, 0.2) is 0 Å². The van der Waals surface area contributed by atoms with Crippen molar-refractivity contribution >= 4 is 29.9 Å². The molecule has 48 valence electrons. The number of carbonyl (C=O) groups is 1. The molecule has 2 N–H and O–H groups in total. The molecule has 0 spiro atoms. The largest absolute Gasteiger partial charge is 0.464 e. The van der Waals surface area contributed by atoms with E-state index >= 15 is 0 Å². The number of carbonyl (C=O) groups excluding carboxylic acids is 1. The molecule has 0 aromatic carbocycles. The molecule has 0 aliphatic carbocycles. The van der Waals surface area contributed by atoms with Crippen LogP contribution in [0.25, 0.3) is 0 Å². The summed E-state index contributed by atoms with van der Waals surface area (Å²) in [5, 5.41) is 0. The first-order valence-electron chi connectivity index (χ1n) is 2.23. The maximum Gasteiger partial charge on any atom is 0.323 e. The lowest BCUT2D eigenvalue weighted by Crippen LogP contribution is -2.24. The Morgan fingerprint density at radius 3 is 2.50 bits per heavy atom. The minimum Gasteiger partial charge on any atom is -0.464 e. The van der Waals surface area contributed by atoms with Gasteiger partial charge in [-0.1, -0.05) is 0 Å². The van der Waals surface area contributed by atoms with Gasteiger partial charge >= 0.3 is 5.97 Å². The van der Waals surface area contributed by atoms with E-state index in [-0.39, 0.29) is 36.0 Å². The van der Waals surface area contributed by atoms with E-state index in [1.807, 2.05) is 0 Å². The third-order valence-electron chi connectivity index (χ3n) is 0.976. The Morgan fingerprint density at radius 1 is 1.75 bits per heavy atom. The van der Waals surface area contributed by atoms with E-state index in [0.29, 0.717) is 13.0 Å². The summed E-state index contributed by atoms with van der Waals surface area (Å²) in [4.78, 5) is 10.2. The summed E-state index contributed by atoms with van der Waals surface area (Å²) in [6.07, 6.45) is 0.679. The summed E-state index contributed by atoms with van der Waals surface area (Å²) in [5.74, 6) is -0.264. The van der Waals surface area contributed by atoms with Crippen molar-refractivity contribution in [1.82, 2.24) is 0 Å². The molecule has 1 aliphatic heterocycles. The molecule has 1 fully saturated rings. The highest BCUT2D eigenvalue weighted by Gasteiger charge is 2.20. The second-order valence-electron chi connectivity index (χ2n) is 1.56. The van der Waals surface area contributed by atoms with Crippen LogP contribution in [0.2, 0.25) is 0 Å². The van der Waals surface area contributed by atoms with Gasteiger partial charge in [-0.05, 0) is 0 Å². The highest BCUT2D eigenvalue weighted by molar-refractivity contribution is 14.0. The number of esters is 1. The van der Waals surface area contributed by atoms with Gasteiger partial charge in [0, 0.05) is 6.42 Å². The molecule has 1 saturated heterocycles. The standard InChI is InChI=1S/C4H7NO2.HI/c5-3-1-2-7-4(3)6;/h3H,1-2,5H2;1H. The van der Waals surface area contributed by atoms with Gasteiger partial charge in [0.15, 0.2) is 0 Å². The molecule has 8 heavy (non-hydrogen) atoms. The van der Waals surface area contributed by atoms with Gasteiger partial charge in [0.05, 0.1) is 6.61 Å². The zero-order chi connectivity index (χ0) is 5.28. The third kappa shape index (κ3) is 1.59. The van der Waals surface area contributed by atoms with Gasteiger partial charge in [-0.25, -0.2) is 0 Å². The zero-order valence-corrected chi connectivity index (χ0v) is 6.62. The molecule has 3 nitrogen and oxygen atoms in total. The first-order chi connectivity index (χ1) is 3.30. The van der Waals surface area contributed by atoms with E-state index < -0.39 is 0 Å². The van der Waals surface area contributed by atoms with Crippen LogP contribution in [0, 0.1) is 0 Å². The van der Waals surface area contributed by atoms with E-state index in [1.165, 1.54) is 0 Å². The fraction of sp³-hybridized carbons (Fsp3) is 0.750. The first kappa shape index (κ1) is 8.16. The molecule has 1 rings (SSSR count). The Balaban J connectivity index is 0.000000490.